The summed E-state index contributed by atoms with van der Waals surface area (Å²) in [7, 11) is 0. The summed E-state index contributed by atoms with van der Waals surface area (Å²) in [5.74, 6) is -3.51. The zero-order chi connectivity index (χ0) is 20.8. The monoisotopic (exact) mass is 407 g/mol. The van der Waals surface area contributed by atoms with Crippen molar-refractivity contribution in [2.45, 2.75) is 24.4 Å². The van der Waals surface area contributed by atoms with E-state index in [4.69, 9.17) is 5.26 Å². The molecule has 1 aliphatic carbocycles. The summed E-state index contributed by atoms with van der Waals surface area (Å²) in [5.41, 5.74) is 0.506. The number of anilines is 1. The van der Waals surface area contributed by atoms with Crippen LogP contribution in [0.15, 0.2) is 24.3 Å². The van der Waals surface area contributed by atoms with Crippen molar-refractivity contribution >= 4 is 17.6 Å². The summed E-state index contributed by atoms with van der Waals surface area (Å²) in [5, 5.41) is 14.8. The lowest BCUT2D eigenvalue weighted by atomic mass is 10.2. The Kier molecular flexibility index (Phi) is 4.86. The Morgan fingerprint density at radius 3 is 2.48 bits per heavy atom. The predicted molar refractivity (Wildman–Crippen MR) is 96.4 cm³/mol. The van der Waals surface area contributed by atoms with Gasteiger partial charge in [0.25, 0.3) is 5.92 Å². The summed E-state index contributed by atoms with van der Waals surface area (Å²) < 4.78 is 39.8. The standard InChI is InChI=1S/C19H20F3N5O2/c20-11-1-3-12(4-2-11)25-18(29)26-8-14-15(9-26)17(14)24-7-16(28)27-10-19(21,22)5-13(27)6-23/h1-4,13-15,17,24H,5,7-10H2,(H,25,29)/t13-,14?,15?,17?/m0/s1. The number of halogens is 3. The van der Waals surface area contributed by atoms with Crippen molar-refractivity contribution in [3.63, 3.8) is 0 Å². The van der Waals surface area contributed by atoms with Gasteiger partial charge in [0, 0.05) is 31.2 Å². The fourth-order valence-electron chi connectivity index (χ4n) is 4.23. The van der Waals surface area contributed by atoms with Crippen LogP contribution in [0, 0.1) is 29.0 Å². The number of carbonyl (C=O) groups excluding carboxylic acids is 2. The van der Waals surface area contributed by atoms with Gasteiger partial charge in [0.1, 0.15) is 11.9 Å². The number of hydrogen-bond donors (Lipinski definition) is 2. The second kappa shape index (κ2) is 7.22. The van der Waals surface area contributed by atoms with E-state index < -0.39 is 30.8 Å². The molecule has 0 aromatic heterocycles. The first kappa shape index (κ1) is 19.5. The van der Waals surface area contributed by atoms with Crippen molar-refractivity contribution in [2.24, 2.45) is 11.8 Å². The highest BCUT2D eigenvalue weighted by atomic mass is 19.3. The van der Waals surface area contributed by atoms with Gasteiger partial charge in [-0.1, -0.05) is 0 Å². The van der Waals surface area contributed by atoms with Crippen molar-refractivity contribution in [3.8, 4) is 6.07 Å². The number of likely N-dealkylation sites (tertiary alicyclic amines) is 2. The lowest BCUT2D eigenvalue weighted by Crippen LogP contribution is -2.44. The third-order valence-electron chi connectivity index (χ3n) is 5.80. The molecule has 2 saturated heterocycles. The van der Waals surface area contributed by atoms with E-state index in [1.54, 1.807) is 11.0 Å². The Labute approximate surface area is 165 Å². The molecule has 3 aliphatic rings. The Morgan fingerprint density at radius 1 is 1.21 bits per heavy atom. The van der Waals surface area contributed by atoms with E-state index >= 15 is 0 Å². The molecule has 2 heterocycles. The SMILES string of the molecule is N#C[C@@H]1CC(F)(F)CN1C(=O)CNC1C2CN(C(=O)Nc3ccc(F)cc3)CC21. The fraction of sp³-hybridized carbons (Fsp3) is 0.526. The van der Waals surface area contributed by atoms with Crippen LogP contribution in [-0.2, 0) is 4.79 Å². The van der Waals surface area contributed by atoms with E-state index in [0.29, 0.717) is 18.8 Å². The van der Waals surface area contributed by atoms with E-state index in [2.05, 4.69) is 10.6 Å². The molecular weight excluding hydrogens is 387 g/mol. The van der Waals surface area contributed by atoms with Crippen LogP contribution in [0.2, 0.25) is 0 Å². The Bertz CT molecular complexity index is 844. The fourth-order valence-corrected chi connectivity index (χ4v) is 4.23. The lowest BCUT2D eigenvalue weighted by Gasteiger charge is -2.22. The van der Waals surface area contributed by atoms with E-state index in [0.717, 1.165) is 4.90 Å². The molecule has 7 nitrogen and oxygen atoms in total. The van der Waals surface area contributed by atoms with E-state index in [9.17, 15) is 22.8 Å². The zero-order valence-corrected chi connectivity index (χ0v) is 15.4. The largest absolute Gasteiger partial charge is 0.324 e. The van der Waals surface area contributed by atoms with Gasteiger partial charge < -0.3 is 20.4 Å². The number of nitrogens with zero attached hydrogens (tertiary/aromatic N) is 3. The molecule has 2 aliphatic heterocycles. The number of urea groups is 1. The van der Waals surface area contributed by atoms with Crippen LogP contribution >= 0.6 is 0 Å². The van der Waals surface area contributed by atoms with Gasteiger partial charge in [0.15, 0.2) is 0 Å². The number of alkyl halides is 2. The molecule has 1 aromatic rings. The Balaban J connectivity index is 1.22. The number of nitrogens with one attached hydrogen (secondary N) is 2. The molecule has 0 radical (unpaired) electrons. The normalized spacial score (nSPS) is 29.3. The van der Waals surface area contributed by atoms with Crippen molar-refractivity contribution < 1.29 is 22.8 Å². The highest BCUT2D eigenvalue weighted by molar-refractivity contribution is 5.89. The van der Waals surface area contributed by atoms with E-state index in [1.165, 1.54) is 24.3 Å². The van der Waals surface area contributed by atoms with Gasteiger partial charge in [0.2, 0.25) is 5.91 Å². The summed E-state index contributed by atoms with van der Waals surface area (Å²) in [6.45, 7) is 0.215. The molecule has 3 amide bonds. The minimum atomic E-state index is -3.02. The number of benzene rings is 1. The van der Waals surface area contributed by atoms with Crippen LogP contribution in [0.5, 0.6) is 0 Å². The lowest BCUT2D eigenvalue weighted by molar-refractivity contribution is -0.131. The molecule has 2 N–H and O–H groups in total. The molecule has 10 heteroatoms. The van der Waals surface area contributed by atoms with Crippen LogP contribution in [0.3, 0.4) is 0 Å². The number of hydrogen-bond acceptors (Lipinski definition) is 4. The molecular formula is C19H20F3N5O2. The number of nitriles is 1. The van der Waals surface area contributed by atoms with Gasteiger partial charge in [-0.05, 0) is 36.1 Å². The van der Waals surface area contributed by atoms with Gasteiger partial charge in [-0.15, -0.1) is 0 Å². The van der Waals surface area contributed by atoms with Crippen LogP contribution in [-0.4, -0.2) is 65.9 Å². The number of rotatable bonds is 4. The predicted octanol–water partition coefficient (Wildman–Crippen LogP) is 1.64. The molecule has 0 spiro atoms. The topological polar surface area (TPSA) is 88.5 Å². The smallest absolute Gasteiger partial charge is 0.321 e. The second-order valence-corrected chi connectivity index (χ2v) is 7.80. The molecule has 0 bridgehead atoms. The molecule has 2 unspecified atom stereocenters. The number of amides is 3. The highest BCUT2D eigenvalue weighted by Crippen LogP contribution is 2.45. The highest BCUT2D eigenvalue weighted by Gasteiger charge is 2.57. The number of fused-ring (bicyclic) bond motifs is 1. The molecule has 154 valence electrons. The van der Waals surface area contributed by atoms with Crippen LogP contribution in [0.4, 0.5) is 23.7 Å². The van der Waals surface area contributed by atoms with Crippen LogP contribution in [0.1, 0.15) is 6.42 Å². The van der Waals surface area contributed by atoms with Gasteiger partial charge in [-0.2, -0.15) is 5.26 Å². The van der Waals surface area contributed by atoms with Crippen LogP contribution in [0.25, 0.3) is 0 Å². The Hall–Kier alpha value is -2.80. The second-order valence-electron chi connectivity index (χ2n) is 7.80. The summed E-state index contributed by atoms with van der Waals surface area (Å²) in [6, 6.07) is 5.95. The maximum atomic E-state index is 13.5. The average molecular weight is 407 g/mol. The van der Waals surface area contributed by atoms with Gasteiger partial charge >= 0.3 is 6.03 Å². The van der Waals surface area contributed by atoms with Gasteiger partial charge in [-0.25, -0.2) is 18.0 Å². The maximum Gasteiger partial charge on any atom is 0.321 e. The minimum absolute atomic E-state index is 0.0532. The van der Waals surface area contributed by atoms with Crippen molar-refractivity contribution in [1.82, 2.24) is 15.1 Å². The summed E-state index contributed by atoms with van der Waals surface area (Å²) in [4.78, 5) is 27.1. The molecule has 1 aromatic carbocycles. The van der Waals surface area contributed by atoms with Crippen molar-refractivity contribution in [2.75, 3.05) is 31.5 Å². The first-order chi connectivity index (χ1) is 13.8. The third-order valence-corrected chi connectivity index (χ3v) is 5.80. The van der Waals surface area contributed by atoms with Crippen LogP contribution < -0.4 is 10.6 Å². The Morgan fingerprint density at radius 2 is 1.86 bits per heavy atom. The van der Waals surface area contributed by atoms with E-state index in [1.807, 2.05) is 0 Å². The maximum absolute atomic E-state index is 13.5. The third kappa shape index (κ3) is 4.00. The average Bonchev–Trinajstić information content (AvgIpc) is 3.01. The summed E-state index contributed by atoms with van der Waals surface area (Å²) >= 11 is 0. The quantitative estimate of drug-likeness (QED) is 0.794. The molecule has 3 atom stereocenters. The first-order valence-corrected chi connectivity index (χ1v) is 9.39. The summed E-state index contributed by atoms with van der Waals surface area (Å²) in [6.07, 6.45) is -0.623. The number of piperidine rings is 1. The zero-order valence-electron chi connectivity index (χ0n) is 15.4. The number of carbonyl (C=O) groups is 2. The van der Waals surface area contributed by atoms with Crippen molar-refractivity contribution in [3.05, 3.63) is 30.1 Å². The minimum Gasteiger partial charge on any atom is -0.324 e. The van der Waals surface area contributed by atoms with Crippen molar-refractivity contribution in [1.29, 1.82) is 5.26 Å². The van der Waals surface area contributed by atoms with Gasteiger partial charge in [-0.3, -0.25) is 4.79 Å². The molecule has 4 rings (SSSR count). The molecule has 3 fully saturated rings. The van der Waals surface area contributed by atoms with Gasteiger partial charge in [0.05, 0.1) is 19.2 Å². The van der Waals surface area contributed by atoms with E-state index in [-0.39, 0.29) is 36.3 Å². The molecule has 1 saturated carbocycles. The molecule has 29 heavy (non-hydrogen) atoms. The first-order valence-electron chi connectivity index (χ1n) is 9.39.